The maximum atomic E-state index is 12.1. The second kappa shape index (κ2) is 9.66. The number of esters is 1. The van der Waals surface area contributed by atoms with Crippen LogP contribution in [-0.4, -0.2) is 46.7 Å². The number of nitrogens with zero attached hydrogens (tertiary/aromatic N) is 1. The Morgan fingerprint density at radius 2 is 1.64 bits per heavy atom. The first kappa shape index (κ1) is 20.5. The van der Waals surface area contributed by atoms with Gasteiger partial charge >= 0.3 is 18.0 Å². The van der Waals surface area contributed by atoms with Crippen molar-refractivity contribution >= 4 is 18.0 Å². The normalized spacial score (nSPS) is 10.8. The zero-order valence-electron chi connectivity index (χ0n) is 14.9. The van der Waals surface area contributed by atoms with Crippen LogP contribution >= 0.6 is 0 Å². The van der Waals surface area contributed by atoms with E-state index in [4.69, 9.17) is 14.6 Å². The maximum absolute atomic E-state index is 12.1. The average molecular weight is 351 g/mol. The Morgan fingerprint density at radius 1 is 1.04 bits per heavy atom. The molecule has 25 heavy (non-hydrogen) atoms. The van der Waals surface area contributed by atoms with Crippen molar-refractivity contribution in [2.45, 2.75) is 45.8 Å². The topological polar surface area (TPSA) is 93.1 Å². The molecule has 7 heteroatoms. The van der Waals surface area contributed by atoms with Crippen LogP contribution in [-0.2, 0) is 25.7 Å². The van der Waals surface area contributed by atoms with Gasteiger partial charge in [-0.2, -0.15) is 0 Å². The summed E-state index contributed by atoms with van der Waals surface area (Å²) in [6.07, 6.45) is -0.908. The minimum absolute atomic E-state index is 0.0315. The molecule has 0 fully saturated rings. The van der Waals surface area contributed by atoms with E-state index >= 15 is 0 Å². The van der Waals surface area contributed by atoms with Gasteiger partial charge in [0.25, 0.3) is 0 Å². The Labute approximate surface area is 147 Å². The number of hydrogen-bond acceptors (Lipinski definition) is 5. The highest BCUT2D eigenvalue weighted by atomic mass is 16.6. The van der Waals surface area contributed by atoms with E-state index in [0.717, 1.165) is 5.56 Å². The summed E-state index contributed by atoms with van der Waals surface area (Å²) >= 11 is 0. The molecule has 0 heterocycles. The number of carboxylic acids is 1. The van der Waals surface area contributed by atoms with Gasteiger partial charge in [-0.15, -0.1) is 0 Å². The molecule has 0 bridgehead atoms. The van der Waals surface area contributed by atoms with Crippen LogP contribution in [0.3, 0.4) is 0 Å². The summed E-state index contributed by atoms with van der Waals surface area (Å²) in [6, 6.07) is 9.24. The molecule has 0 aliphatic carbocycles. The molecular formula is C18H25NO6. The first-order chi connectivity index (χ1) is 11.7. The molecule has 1 N–H and O–H groups in total. The number of hydrogen-bond donors (Lipinski definition) is 1. The lowest BCUT2D eigenvalue weighted by atomic mass is 10.2. The van der Waals surface area contributed by atoms with E-state index in [1.54, 1.807) is 20.8 Å². The van der Waals surface area contributed by atoms with E-state index in [-0.39, 0.29) is 32.5 Å². The molecule has 1 aromatic rings. The predicted molar refractivity (Wildman–Crippen MR) is 90.9 cm³/mol. The molecule has 0 saturated heterocycles. The number of carbonyl (C=O) groups excluding carboxylic acids is 2. The number of ether oxygens (including phenoxy) is 2. The van der Waals surface area contributed by atoms with Crippen molar-refractivity contribution < 1.29 is 29.0 Å². The van der Waals surface area contributed by atoms with Crippen LogP contribution < -0.4 is 0 Å². The van der Waals surface area contributed by atoms with Crippen molar-refractivity contribution in [1.82, 2.24) is 4.90 Å². The van der Waals surface area contributed by atoms with Crippen LogP contribution in [0.5, 0.6) is 0 Å². The third-order valence-corrected chi connectivity index (χ3v) is 3.08. The molecule has 0 atom stereocenters. The van der Waals surface area contributed by atoms with Crippen molar-refractivity contribution in [3.63, 3.8) is 0 Å². The van der Waals surface area contributed by atoms with Gasteiger partial charge in [0, 0.05) is 13.1 Å². The van der Waals surface area contributed by atoms with Gasteiger partial charge in [0.1, 0.15) is 12.2 Å². The van der Waals surface area contributed by atoms with Gasteiger partial charge in [-0.05, 0) is 26.3 Å². The predicted octanol–water partition coefficient (Wildman–Crippen LogP) is 2.83. The second-order valence-electron chi connectivity index (χ2n) is 6.51. The Balaban J connectivity index is 2.50. The lowest BCUT2D eigenvalue weighted by Gasteiger charge is -2.26. The SMILES string of the molecule is CC(C)(C)OC(=O)N(CCC(=O)O)CCC(=O)OCc1ccccc1. The van der Waals surface area contributed by atoms with E-state index in [0.29, 0.717) is 0 Å². The first-order valence-electron chi connectivity index (χ1n) is 8.06. The number of carboxylic acid groups (broad SMARTS) is 1. The monoisotopic (exact) mass is 351 g/mol. The number of rotatable bonds is 8. The van der Waals surface area contributed by atoms with Gasteiger partial charge in [0.05, 0.1) is 12.8 Å². The van der Waals surface area contributed by atoms with E-state index in [1.807, 2.05) is 30.3 Å². The second-order valence-corrected chi connectivity index (χ2v) is 6.51. The van der Waals surface area contributed by atoms with Crippen LogP contribution in [0.25, 0.3) is 0 Å². The van der Waals surface area contributed by atoms with Gasteiger partial charge in [0.2, 0.25) is 0 Å². The highest BCUT2D eigenvalue weighted by molar-refractivity contribution is 5.73. The molecule has 0 saturated carbocycles. The summed E-state index contributed by atoms with van der Waals surface area (Å²) in [4.78, 5) is 35.9. The van der Waals surface area contributed by atoms with Crippen molar-refractivity contribution in [3.8, 4) is 0 Å². The fourth-order valence-electron chi connectivity index (χ4n) is 1.89. The Kier molecular flexibility index (Phi) is 7.91. The third kappa shape index (κ3) is 9.34. The van der Waals surface area contributed by atoms with Crippen LogP contribution in [0.15, 0.2) is 30.3 Å². The zero-order chi connectivity index (χ0) is 18.9. The quantitative estimate of drug-likeness (QED) is 0.724. The van der Waals surface area contributed by atoms with Crippen molar-refractivity contribution in [2.75, 3.05) is 13.1 Å². The van der Waals surface area contributed by atoms with Crippen LogP contribution in [0.2, 0.25) is 0 Å². The lowest BCUT2D eigenvalue weighted by Crippen LogP contribution is -2.39. The van der Waals surface area contributed by atoms with E-state index in [9.17, 15) is 14.4 Å². The molecule has 7 nitrogen and oxygen atoms in total. The highest BCUT2D eigenvalue weighted by Crippen LogP contribution is 2.11. The van der Waals surface area contributed by atoms with Crippen molar-refractivity contribution in [3.05, 3.63) is 35.9 Å². The maximum Gasteiger partial charge on any atom is 0.410 e. The third-order valence-electron chi connectivity index (χ3n) is 3.08. The zero-order valence-corrected chi connectivity index (χ0v) is 14.9. The van der Waals surface area contributed by atoms with Gasteiger partial charge in [0.15, 0.2) is 0 Å². The minimum Gasteiger partial charge on any atom is -0.481 e. The van der Waals surface area contributed by atoms with Crippen molar-refractivity contribution in [2.24, 2.45) is 0 Å². The summed E-state index contributed by atoms with van der Waals surface area (Å²) < 4.78 is 10.4. The van der Waals surface area contributed by atoms with E-state index in [1.165, 1.54) is 4.90 Å². The summed E-state index contributed by atoms with van der Waals surface area (Å²) in [7, 11) is 0. The molecule has 1 aromatic carbocycles. The Bertz CT molecular complexity index is 579. The molecule has 0 aliphatic heterocycles. The molecule has 0 unspecified atom stereocenters. The molecule has 1 amide bonds. The molecule has 138 valence electrons. The van der Waals surface area contributed by atoms with Gasteiger partial charge in [-0.25, -0.2) is 4.79 Å². The van der Waals surface area contributed by atoms with E-state index in [2.05, 4.69) is 0 Å². The molecule has 0 radical (unpaired) electrons. The minimum atomic E-state index is -1.03. The van der Waals surface area contributed by atoms with Gasteiger partial charge in [-0.3, -0.25) is 9.59 Å². The number of amides is 1. The highest BCUT2D eigenvalue weighted by Gasteiger charge is 2.23. The summed E-state index contributed by atoms with van der Waals surface area (Å²) in [6.45, 7) is 5.31. The number of aliphatic carboxylic acids is 1. The standard InChI is InChI=1S/C18H25NO6/c1-18(2,3)25-17(23)19(11-9-15(20)21)12-10-16(22)24-13-14-7-5-4-6-8-14/h4-8H,9-13H2,1-3H3,(H,20,21). The largest absolute Gasteiger partial charge is 0.481 e. The Hall–Kier alpha value is -2.57. The summed E-state index contributed by atoms with van der Waals surface area (Å²) in [5.74, 6) is -1.49. The van der Waals surface area contributed by atoms with Gasteiger partial charge in [-0.1, -0.05) is 30.3 Å². The fourth-order valence-corrected chi connectivity index (χ4v) is 1.89. The molecule has 0 aromatic heterocycles. The smallest absolute Gasteiger partial charge is 0.410 e. The molecular weight excluding hydrogens is 326 g/mol. The summed E-state index contributed by atoms with van der Waals surface area (Å²) in [5, 5.41) is 8.79. The summed E-state index contributed by atoms with van der Waals surface area (Å²) in [5.41, 5.74) is 0.164. The molecule has 0 spiro atoms. The first-order valence-corrected chi connectivity index (χ1v) is 8.06. The van der Waals surface area contributed by atoms with Crippen LogP contribution in [0.4, 0.5) is 4.79 Å². The molecule has 0 aliphatic rings. The fraction of sp³-hybridized carbons (Fsp3) is 0.500. The van der Waals surface area contributed by atoms with Crippen LogP contribution in [0, 0.1) is 0 Å². The number of benzene rings is 1. The van der Waals surface area contributed by atoms with Gasteiger partial charge < -0.3 is 19.5 Å². The van der Waals surface area contributed by atoms with Crippen molar-refractivity contribution in [1.29, 1.82) is 0 Å². The number of carbonyl (C=O) groups is 3. The lowest BCUT2D eigenvalue weighted by molar-refractivity contribution is -0.145. The van der Waals surface area contributed by atoms with E-state index < -0.39 is 23.6 Å². The van der Waals surface area contributed by atoms with Crippen LogP contribution in [0.1, 0.15) is 39.2 Å². The molecule has 1 rings (SSSR count). The average Bonchev–Trinajstić information content (AvgIpc) is 2.51. The Morgan fingerprint density at radius 3 is 2.20 bits per heavy atom.